The van der Waals surface area contributed by atoms with E-state index >= 15 is 0 Å². The van der Waals surface area contributed by atoms with Crippen LogP contribution in [0.2, 0.25) is 0 Å². The van der Waals surface area contributed by atoms with Gasteiger partial charge in [-0.15, -0.1) is 0 Å². The summed E-state index contributed by atoms with van der Waals surface area (Å²) in [4.78, 5) is 0. The van der Waals surface area contributed by atoms with E-state index in [-0.39, 0.29) is 6.04 Å². The van der Waals surface area contributed by atoms with Crippen molar-refractivity contribution >= 4 is 0 Å². The highest BCUT2D eigenvalue weighted by atomic mass is 16.5. The number of ether oxygens (including phenoxy) is 1. The van der Waals surface area contributed by atoms with Crippen molar-refractivity contribution in [1.82, 2.24) is 4.57 Å². The molecule has 0 amide bonds. The first-order valence-corrected chi connectivity index (χ1v) is 6.69. The van der Waals surface area contributed by atoms with Crippen LogP contribution in [-0.2, 0) is 11.3 Å². The predicted molar refractivity (Wildman–Crippen MR) is 69.8 cm³/mol. The van der Waals surface area contributed by atoms with Gasteiger partial charge in [0.1, 0.15) is 0 Å². The van der Waals surface area contributed by atoms with Gasteiger partial charge in [-0.25, -0.2) is 0 Å². The van der Waals surface area contributed by atoms with Gasteiger partial charge < -0.3 is 15.0 Å². The number of hydrogen-bond donors (Lipinski definition) is 1. The summed E-state index contributed by atoms with van der Waals surface area (Å²) in [5.74, 6) is 0.490. The quantitative estimate of drug-likeness (QED) is 0.854. The van der Waals surface area contributed by atoms with Crippen molar-refractivity contribution < 1.29 is 4.74 Å². The summed E-state index contributed by atoms with van der Waals surface area (Å²) in [5, 5.41) is 0. The van der Waals surface area contributed by atoms with Crippen molar-refractivity contribution in [3.05, 3.63) is 24.0 Å². The lowest BCUT2D eigenvalue weighted by atomic mass is 10.00. The molecule has 3 heteroatoms. The molecule has 17 heavy (non-hydrogen) atoms. The van der Waals surface area contributed by atoms with Crippen LogP contribution in [0.15, 0.2) is 18.5 Å². The maximum absolute atomic E-state index is 6.13. The maximum Gasteiger partial charge on any atom is 0.0593 e. The van der Waals surface area contributed by atoms with Gasteiger partial charge >= 0.3 is 0 Å². The van der Waals surface area contributed by atoms with E-state index in [0.717, 1.165) is 19.6 Å². The highest BCUT2D eigenvalue weighted by molar-refractivity contribution is 5.15. The monoisotopic (exact) mass is 236 g/mol. The Balaban J connectivity index is 1.85. The van der Waals surface area contributed by atoms with Crippen LogP contribution in [0.5, 0.6) is 0 Å². The Morgan fingerprint density at radius 2 is 2.35 bits per heavy atom. The molecule has 1 fully saturated rings. The summed E-state index contributed by atoms with van der Waals surface area (Å²) < 4.78 is 7.86. The largest absolute Gasteiger partial charge is 0.378 e. The zero-order valence-electron chi connectivity index (χ0n) is 10.9. The van der Waals surface area contributed by atoms with Gasteiger partial charge in [0.25, 0.3) is 0 Å². The van der Waals surface area contributed by atoms with Crippen LogP contribution in [-0.4, -0.2) is 17.3 Å². The molecule has 96 valence electrons. The van der Waals surface area contributed by atoms with Crippen molar-refractivity contribution in [2.45, 2.75) is 51.8 Å². The minimum atomic E-state index is 0.152. The number of hydrogen-bond acceptors (Lipinski definition) is 2. The predicted octanol–water partition coefficient (Wildman–Crippen LogP) is 2.71. The lowest BCUT2D eigenvalue weighted by Crippen LogP contribution is -2.16. The smallest absolute Gasteiger partial charge is 0.0593 e. The highest BCUT2D eigenvalue weighted by Gasteiger charge is 2.16. The van der Waals surface area contributed by atoms with Crippen LogP contribution >= 0.6 is 0 Å². The molecule has 0 radical (unpaired) electrons. The first-order valence-electron chi connectivity index (χ1n) is 6.69. The summed E-state index contributed by atoms with van der Waals surface area (Å²) in [6.45, 7) is 6.30. The molecule has 2 atom stereocenters. The number of rotatable bonds is 5. The van der Waals surface area contributed by atoms with Gasteiger partial charge in [-0.2, -0.15) is 0 Å². The standard InChI is InChI=1S/C14H24N2O/c1-11(2)14(15)12-5-7-16(10-12)8-6-13-4-3-9-17-13/h5,7,10-11,13-14H,3-4,6,8-9,15H2,1-2H3. The van der Waals surface area contributed by atoms with Gasteiger partial charge in [0.15, 0.2) is 0 Å². The SMILES string of the molecule is CC(C)C(N)c1ccn(CCC2CCCO2)c1. The molecule has 0 bridgehead atoms. The van der Waals surface area contributed by atoms with E-state index in [0.29, 0.717) is 12.0 Å². The molecular formula is C14H24N2O. The number of aromatic nitrogens is 1. The lowest BCUT2D eigenvalue weighted by Gasteiger charge is -2.14. The molecule has 2 N–H and O–H groups in total. The average molecular weight is 236 g/mol. The van der Waals surface area contributed by atoms with Gasteiger partial charge in [-0.3, -0.25) is 0 Å². The number of nitrogens with two attached hydrogens (primary N) is 1. The summed E-state index contributed by atoms with van der Waals surface area (Å²) in [5.41, 5.74) is 7.37. The van der Waals surface area contributed by atoms with Crippen molar-refractivity contribution in [3.63, 3.8) is 0 Å². The van der Waals surface area contributed by atoms with Crippen LogP contribution in [0.3, 0.4) is 0 Å². The Hall–Kier alpha value is -0.800. The highest BCUT2D eigenvalue weighted by Crippen LogP contribution is 2.20. The molecule has 1 aromatic rings. The van der Waals surface area contributed by atoms with Gasteiger partial charge in [-0.05, 0) is 36.8 Å². The van der Waals surface area contributed by atoms with E-state index in [1.165, 1.54) is 18.4 Å². The van der Waals surface area contributed by atoms with Gasteiger partial charge in [0.2, 0.25) is 0 Å². The van der Waals surface area contributed by atoms with Crippen LogP contribution < -0.4 is 5.73 Å². The molecule has 0 spiro atoms. The Labute approximate surface area is 104 Å². The topological polar surface area (TPSA) is 40.2 Å². The van der Waals surface area contributed by atoms with E-state index < -0.39 is 0 Å². The fourth-order valence-corrected chi connectivity index (χ4v) is 2.35. The average Bonchev–Trinajstić information content (AvgIpc) is 2.96. The molecule has 0 saturated carbocycles. The molecule has 2 heterocycles. The van der Waals surface area contributed by atoms with E-state index in [4.69, 9.17) is 10.5 Å². The second-order valence-corrected chi connectivity index (χ2v) is 5.38. The minimum Gasteiger partial charge on any atom is -0.378 e. The first kappa shape index (κ1) is 12.7. The van der Waals surface area contributed by atoms with Crippen LogP contribution in [0.4, 0.5) is 0 Å². The molecule has 3 nitrogen and oxygen atoms in total. The third kappa shape index (κ3) is 3.33. The first-order chi connectivity index (χ1) is 8.16. The molecule has 2 rings (SSSR count). The van der Waals surface area contributed by atoms with E-state index in [2.05, 4.69) is 36.9 Å². The Morgan fingerprint density at radius 1 is 1.53 bits per heavy atom. The van der Waals surface area contributed by atoms with Crippen LogP contribution in [0, 0.1) is 5.92 Å². The fourth-order valence-electron chi connectivity index (χ4n) is 2.35. The van der Waals surface area contributed by atoms with Crippen LogP contribution in [0.25, 0.3) is 0 Å². The van der Waals surface area contributed by atoms with E-state index in [9.17, 15) is 0 Å². The summed E-state index contributed by atoms with van der Waals surface area (Å²) in [7, 11) is 0. The Bertz CT molecular complexity index is 340. The Kier molecular flexibility index (Phi) is 4.24. The molecule has 1 aliphatic heterocycles. The third-order valence-electron chi connectivity index (χ3n) is 3.61. The van der Waals surface area contributed by atoms with Gasteiger partial charge in [0.05, 0.1) is 6.10 Å². The number of aryl methyl sites for hydroxylation is 1. The molecule has 0 aromatic carbocycles. The molecule has 1 aromatic heterocycles. The van der Waals surface area contributed by atoms with E-state index in [1.807, 2.05) is 0 Å². The zero-order valence-corrected chi connectivity index (χ0v) is 10.9. The van der Waals surface area contributed by atoms with Gasteiger partial charge in [-0.1, -0.05) is 13.8 Å². The third-order valence-corrected chi connectivity index (χ3v) is 3.61. The van der Waals surface area contributed by atoms with Crippen molar-refractivity contribution in [2.24, 2.45) is 11.7 Å². The summed E-state index contributed by atoms with van der Waals surface area (Å²) in [6, 6.07) is 2.29. The molecule has 0 aliphatic carbocycles. The summed E-state index contributed by atoms with van der Waals surface area (Å²) >= 11 is 0. The normalized spacial score (nSPS) is 22.2. The second kappa shape index (κ2) is 5.69. The zero-order chi connectivity index (χ0) is 12.3. The molecule has 1 saturated heterocycles. The van der Waals surface area contributed by atoms with E-state index in [1.54, 1.807) is 0 Å². The van der Waals surface area contributed by atoms with Crippen molar-refractivity contribution in [2.75, 3.05) is 6.61 Å². The molecular weight excluding hydrogens is 212 g/mol. The van der Waals surface area contributed by atoms with Crippen molar-refractivity contribution in [1.29, 1.82) is 0 Å². The fraction of sp³-hybridized carbons (Fsp3) is 0.714. The Morgan fingerprint density at radius 3 is 3.00 bits per heavy atom. The minimum absolute atomic E-state index is 0.152. The molecule has 1 aliphatic rings. The van der Waals surface area contributed by atoms with Gasteiger partial charge in [0, 0.05) is 31.6 Å². The maximum atomic E-state index is 6.13. The number of nitrogens with zero attached hydrogens (tertiary/aromatic N) is 1. The lowest BCUT2D eigenvalue weighted by molar-refractivity contribution is 0.100. The van der Waals surface area contributed by atoms with Crippen molar-refractivity contribution in [3.8, 4) is 0 Å². The second-order valence-electron chi connectivity index (χ2n) is 5.38. The van der Waals surface area contributed by atoms with Crippen LogP contribution in [0.1, 0.15) is 44.7 Å². The summed E-state index contributed by atoms with van der Waals surface area (Å²) in [6.07, 6.45) is 8.34. The molecule has 2 unspecified atom stereocenters.